The zero-order valence-electron chi connectivity index (χ0n) is 21.3. The highest BCUT2D eigenvalue weighted by molar-refractivity contribution is 7.89. The summed E-state index contributed by atoms with van der Waals surface area (Å²) in [6.45, 7) is 1.97. The van der Waals surface area contributed by atoms with E-state index in [0.29, 0.717) is 12.0 Å². The number of urea groups is 1. The second-order valence-corrected chi connectivity index (χ2v) is 10.5. The molecule has 0 aliphatic rings. The van der Waals surface area contributed by atoms with Crippen molar-refractivity contribution < 1.29 is 28.0 Å². The Bertz CT molecular complexity index is 1460. The zero-order chi connectivity index (χ0) is 28.4. The van der Waals surface area contributed by atoms with Gasteiger partial charge in [0.15, 0.2) is 0 Å². The maximum Gasteiger partial charge on any atom is 0.321 e. The molecule has 0 fully saturated rings. The van der Waals surface area contributed by atoms with Crippen molar-refractivity contribution in [1.82, 2.24) is 9.37 Å². The lowest BCUT2D eigenvalue weighted by molar-refractivity contribution is -0.128. The van der Waals surface area contributed by atoms with Gasteiger partial charge < -0.3 is 5.73 Å². The number of hydrogen-bond acceptors (Lipinski definition) is 6. The lowest BCUT2D eigenvalue weighted by Gasteiger charge is -2.22. The fourth-order valence-corrected chi connectivity index (χ4v) is 4.80. The number of rotatable bonds is 10. The van der Waals surface area contributed by atoms with Gasteiger partial charge in [-0.05, 0) is 61.7 Å². The van der Waals surface area contributed by atoms with Gasteiger partial charge in [-0.15, -0.1) is 0 Å². The Morgan fingerprint density at radius 2 is 1.49 bits per heavy atom. The molecule has 0 bridgehead atoms. The van der Waals surface area contributed by atoms with Crippen LogP contribution in [0.3, 0.4) is 0 Å². The molecule has 0 saturated heterocycles. The minimum Gasteiger partial charge on any atom is -0.351 e. The number of sulfonamides is 1. The number of amides is 3. The van der Waals surface area contributed by atoms with E-state index >= 15 is 0 Å². The molecular weight excluding hydrogens is 518 g/mol. The van der Waals surface area contributed by atoms with Crippen molar-refractivity contribution in [1.29, 1.82) is 0 Å². The molecule has 0 aliphatic carbocycles. The largest absolute Gasteiger partial charge is 0.351 e. The van der Waals surface area contributed by atoms with E-state index in [0.717, 1.165) is 21.6 Å². The van der Waals surface area contributed by atoms with E-state index in [2.05, 4.69) is 11.8 Å². The number of imide groups is 1. The van der Waals surface area contributed by atoms with Crippen LogP contribution in [0.15, 0.2) is 83.8 Å². The first-order valence-electron chi connectivity index (χ1n) is 12.1. The topological polar surface area (TPSA) is 138 Å². The molecule has 10 heteroatoms. The Balaban J connectivity index is 1.63. The Kier molecular flexibility index (Phi) is 10.1. The van der Waals surface area contributed by atoms with Crippen LogP contribution >= 0.6 is 0 Å². The van der Waals surface area contributed by atoms with E-state index in [9.17, 15) is 28.0 Å². The highest BCUT2D eigenvalue weighted by atomic mass is 32.2. The zero-order valence-corrected chi connectivity index (χ0v) is 22.1. The third-order valence-corrected chi connectivity index (χ3v) is 7.48. The summed E-state index contributed by atoms with van der Waals surface area (Å²) < 4.78 is 25.7. The summed E-state index contributed by atoms with van der Waals surface area (Å²) in [5.74, 6) is 5.20. The first-order chi connectivity index (χ1) is 18.6. The molecule has 39 heavy (non-hydrogen) atoms. The van der Waals surface area contributed by atoms with Gasteiger partial charge in [0.25, 0.3) is 10.0 Å². The molecule has 3 amide bonds. The maximum absolute atomic E-state index is 12.9. The Labute approximate surface area is 227 Å². The smallest absolute Gasteiger partial charge is 0.321 e. The number of benzene rings is 3. The van der Waals surface area contributed by atoms with Crippen molar-refractivity contribution in [2.24, 2.45) is 5.73 Å². The lowest BCUT2D eigenvalue weighted by atomic mass is 10.1. The number of carbonyl (C=O) groups excluding carboxylic acids is 3. The Morgan fingerprint density at radius 3 is 2.03 bits per heavy atom. The third-order valence-electron chi connectivity index (χ3n) is 5.87. The van der Waals surface area contributed by atoms with Crippen molar-refractivity contribution in [2.45, 2.75) is 37.1 Å². The predicted octanol–water partition coefficient (Wildman–Crippen LogP) is 3.18. The van der Waals surface area contributed by atoms with Gasteiger partial charge in [-0.2, -0.15) is 0 Å². The summed E-state index contributed by atoms with van der Waals surface area (Å²) in [7, 11) is -4.51. The molecule has 0 aromatic heterocycles. The molecule has 0 unspecified atom stereocenters. The monoisotopic (exact) mass is 546 g/mol. The van der Waals surface area contributed by atoms with Gasteiger partial charge in [-0.3, -0.25) is 19.7 Å². The highest BCUT2D eigenvalue weighted by Crippen LogP contribution is 2.19. The summed E-state index contributed by atoms with van der Waals surface area (Å²) in [6, 6.07) is 19.5. The number of nitrogens with zero attached hydrogens (tertiary/aromatic N) is 2. The number of aryl methyl sites for hydroxylation is 1. The van der Waals surface area contributed by atoms with E-state index in [1.54, 1.807) is 0 Å². The number of hydrogen-bond donors (Lipinski definition) is 2. The summed E-state index contributed by atoms with van der Waals surface area (Å²) in [5.41, 5.74) is 8.68. The van der Waals surface area contributed by atoms with Crippen LogP contribution in [0.5, 0.6) is 0 Å². The minimum atomic E-state index is -4.51. The number of nitrogens with two attached hydrogens (primary N) is 1. The average Bonchev–Trinajstić information content (AvgIpc) is 2.93. The first-order valence-corrected chi connectivity index (χ1v) is 13.5. The van der Waals surface area contributed by atoms with Crippen LogP contribution in [0.4, 0.5) is 4.79 Å². The van der Waals surface area contributed by atoms with Crippen LogP contribution in [0, 0.1) is 18.8 Å². The molecule has 1 atom stereocenters. The fourth-order valence-electron chi connectivity index (χ4n) is 3.62. The number of carbonyl (C=O) groups is 2. The number of hydroxylamine groups is 1. The molecule has 3 N–H and O–H groups in total. The van der Waals surface area contributed by atoms with Crippen molar-refractivity contribution >= 4 is 28.2 Å². The minimum absolute atomic E-state index is 0.00788. The van der Waals surface area contributed by atoms with Gasteiger partial charge in [-0.25, -0.2) is 13.2 Å². The van der Waals surface area contributed by atoms with Crippen LogP contribution in [0.2, 0.25) is 0 Å². The molecule has 1 radical (unpaired) electrons. The van der Waals surface area contributed by atoms with Crippen molar-refractivity contribution in [3.63, 3.8) is 0 Å². The van der Waals surface area contributed by atoms with Gasteiger partial charge in [-0.1, -0.05) is 64.3 Å². The van der Waals surface area contributed by atoms with Gasteiger partial charge in [0.1, 0.15) is 6.04 Å². The molecule has 3 rings (SSSR count). The molecule has 0 aliphatic heterocycles. The molecule has 201 valence electrons. The molecule has 0 saturated carbocycles. The molecule has 0 spiro atoms. The van der Waals surface area contributed by atoms with Crippen LogP contribution in [-0.2, 0) is 26.0 Å². The first kappa shape index (κ1) is 29.3. The van der Waals surface area contributed by atoms with E-state index in [1.165, 1.54) is 30.6 Å². The van der Waals surface area contributed by atoms with Gasteiger partial charge >= 0.3 is 6.03 Å². The van der Waals surface area contributed by atoms with Crippen LogP contribution in [0.1, 0.15) is 35.1 Å². The summed E-state index contributed by atoms with van der Waals surface area (Å²) in [4.78, 5) is 36.5. The van der Waals surface area contributed by atoms with Crippen LogP contribution in [0.25, 0.3) is 0 Å². The molecule has 3 aromatic carbocycles. The normalized spacial score (nSPS) is 11.8. The average molecular weight is 547 g/mol. The van der Waals surface area contributed by atoms with Crippen molar-refractivity contribution in [2.75, 3.05) is 6.54 Å². The molecule has 9 nitrogen and oxygen atoms in total. The van der Waals surface area contributed by atoms with Crippen LogP contribution in [-0.4, -0.2) is 53.8 Å². The summed E-state index contributed by atoms with van der Waals surface area (Å²) >= 11 is 0. The van der Waals surface area contributed by atoms with E-state index in [-0.39, 0.29) is 15.9 Å². The van der Waals surface area contributed by atoms with E-state index in [4.69, 9.17) is 5.73 Å². The maximum atomic E-state index is 12.9. The van der Waals surface area contributed by atoms with Crippen LogP contribution < -0.4 is 5.73 Å². The van der Waals surface area contributed by atoms with Crippen molar-refractivity contribution in [3.8, 4) is 11.8 Å². The SMILES string of the molecule is Cc1ccc(C#Cc2ccc(S(=O)(=O)N(O)[C@@H]([C]=O)CCC(=O)N(CCc3ccccc3)C(N)=O)cc2)cc1. The molecule has 0 heterocycles. The van der Waals surface area contributed by atoms with E-state index in [1.807, 2.05) is 61.5 Å². The third kappa shape index (κ3) is 8.09. The second kappa shape index (κ2) is 13.5. The molecule has 3 aromatic rings. The summed E-state index contributed by atoms with van der Waals surface area (Å²) in [6.07, 6.45) is 0.988. The van der Waals surface area contributed by atoms with Crippen molar-refractivity contribution in [3.05, 3.63) is 101 Å². The second-order valence-electron chi connectivity index (χ2n) is 8.71. The standard InChI is InChI=1S/C29H28N3O6S/c1-22-7-9-24(10-8-22)11-12-25-13-16-27(17-14-25)39(37,38)32(36)26(21-33)15-18-28(34)31(29(30)35)20-19-23-5-3-2-4-6-23/h2-10,13-14,16-17,26,36H,15,18-20H2,1H3,(H2,30,35)/t26-/m1/s1. The lowest BCUT2D eigenvalue weighted by Crippen LogP contribution is -2.43. The summed E-state index contributed by atoms with van der Waals surface area (Å²) in [5, 5.41) is 10.4. The van der Waals surface area contributed by atoms with Gasteiger partial charge in [0.05, 0.1) is 4.90 Å². The van der Waals surface area contributed by atoms with Gasteiger partial charge in [0, 0.05) is 24.1 Å². The Morgan fingerprint density at radius 1 is 0.923 bits per heavy atom. The fraction of sp³-hybridized carbons (Fsp3) is 0.207. The molecular formula is C29H28N3O6S. The quantitative estimate of drug-likeness (QED) is 0.296. The van der Waals surface area contributed by atoms with E-state index < -0.39 is 40.8 Å². The predicted molar refractivity (Wildman–Crippen MR) is 145 cm³/mol. The van der Waals surface area contributed by atoms with Gasteiger partial charge in [0.2, 0.25) is 12.2 Å². The Hall–Kier alpha value is -4.30. The highest BCUT2D eigenvalue weighted by Gasteiger charge is 2.32. The number of primary amides is 1.